The maximum atomic E-state index is 14.0. The summed E-state index contributed by atoms with van der Waals surface area (Å²) in [5, 5.41) is 3.29. The molecule has 1 aromatic carbocycles. The fraction of sp³-hybridized carbons (Fsp3) is 0.353. The van der Waals surface area contributed by atoms with Crippen molar-refractivity contribution in [3.63, 3.8) is 0 Å². The third kappa shape index (κ3) is 5.16. The molecule has 0 unspecified atom stereocenters. The highest BCUT2D eigenvalue weighted by molar-refractivity contribution is 5.29. The summed E-state index contributed by atoms with van der Waals surface area (Å²) in [6.07, 6.45) is 3.41. The zero-order valence-corrected chi connectivity index (χ0v) is 12.5. The molecule has 0 bridgehead atoms. The van der Waals surface area contributed by atoms with E-state index in [1.165, 1.54) is 6.07 Å². The van der Waals surface area contributed by atoms with Crippen molar-refractivity contribution in [2.45, 2.75) is 27.0 Å². The van der Waals surface area contributed by atoms with Gasteiger partial charge in [-0.2, -0.15) is 0 Å². The minimum atomic E-state index is -0.331. The van der Waals surface area contributed by atoms with Crippen LogP contribution in [0, 0.1) is 11.7 Å². The van der Waals surface area contributed by atoms with Crippen molar-refractivity contribution in [3.05, 3.63) is 59.7 Å². The molecule has 2 rings (SSSR count). The van der Waals surface area contributed by atoms with Crippen LogP contribution in [0.25, 0.3) is 0 Å². The number of rotatable bonds is 7. The Bertz CT molecular complexity index is 558. The van der Waals surface area contributed by atoms with Crippen molar-refractivity contribution in [2.75, 3.05) is 6.54 Å². The molecular formula is C17H21FN2O. The van der Waals surface area contributed by atoms with E-state index < -0.39 is 0 Å². The second-order valence-corrected chi connectivity index (χ2v) is 5.44. The Balaban J connectivity index is 1.90. The molecule has 0 saturated carbocycles. The second-order valence-electron chi connectivity index (χ2n) is 5.44. The van der Waals surface area contributed by atoms with Gasteiger partial charge in [0.05, 0.1) is 0 Å². The first-order valence-electron chi connectivity index (χ1n) is 7.16. The van der Waals surface area contributed by atoms with Crippen LogP contribution in [0.15, 0.2) is 42.7 Å². The maximum absolute atomic E-state index is 14.0. The lowest BCUT2D eigenvalue weighted by atomic mass is 10.2. The molecule has 1 aromatic heterocycles. The Morgan fingerprint density at radius 1 is 1.24 bits per heavy atom. The molecule has 21 heavy (non-hydrogen) atoms. The predicted molar refractivity (Wildman–Crippen MR) is 81.5 cm³/mol. The van der Waals surface area contributed by atoms with E-state index in [9.17, 15) is 4.39 Å². The number of benzene rings is 1. The predicted octanol–water partition coefficient (Wildman–Crippen LogP) is 3.55. The fourth-order valence-electron chi connectivity index (χ4n) is 1.92. The smallest absolute Gasteiger partial charge is 0.165 e. The second kappa shape index (κ2) is 7.74. The standard InChI is InChI=1S/C17H21FN2O/c1-13(2)9-20-10-14-5-6-17(16(18)8-14)21-12-15-4-3-7-19-11-15/h3-8,11,13,20H,9-10,12H2,1-2H3. The summed E-state index contributed by atoms with van der Waals surface area (Å²) in [5.41, 5.74) is 1.83. The number of pyridine rings is 1. The van der Waals surface area contributed by atoms with Gasteiger partial charge in [0.1, 0.15) is 6.61 Å². The van der Waals surface area contributed by atoms with Crippen LogP contribution in [-0.4, -0.2) is 11.5 Å². The molecule has 112 valence electrons. The number of aromatic nitrogens is 1. The number of nitrogens with zero attached hydrogens (tertiary/aromatic N) is 1. The van der Waals surface area contributed by atoms with E-state index >= 15 is 0 Å². The van der Waals surface area contributed by atoms with E-state index in [1.807, 2.05) is 18.2 Å². The molecule has 0 atom stereocenters. The Labute approximate surface area is 125 Å². The molecule has 3 nitrogen and oxygen atoms in total. The van der Waals surface area contributed by atoms with E-state index in [0.717, 1.165) is 17.7 Å². The van der Waals surface area contributed by atoms with Gasteiger partial charge in [0.15, 0.2) is 11.6 Å². The van der Waals surface area contributed by atoms with Crippen molar-refractivity contribution in [1.29, 1.82) is 0 Å². The van der Waals surface area contributed by atoms with E-state index in [2.05, 4.69) is 24.1 Å². The Kier molecular flexibility index (Phi) is 5.69. The molecule has 4 heteroatoms. The fourth-order valence-corrected chi connectivity index (χ4v) is 1.92. The lowest BCUT2D eigenvalue weighted by Gasteiger charge is -2.10. The van der Waals surface area contributed by atoms with Crippen LogP contribution in [0.2, 0.25) is 0 Å². The van der Waals surface area contributed by atoms with Crippen LogP contribution in [0.5, 0.6) is 5.75 Å². The number of hydrogen-bond donors (Lipinski definition) is 1. The monoisotopic (exact) mass is 288 g/mol. The van der Waals surface area contributed by atoms with Gasteiger partial charge in [-0.05, 0) is 36.2 Å². The van der Waals surface area contributed by atoms with Gasteiger partial charge >= 0.3 is 0 Å². The zero-order chi connectivity index (χ0) is 15.1. The molecule has 0 saturated heterocycles. The molecule has 2 aromatic rings. The van der Waals surface area contributed by atoms with Gasteiger partial charge in [-0.15, -0.1) is 0 Å². The molecular weight excluding hydrogens is 267 g/mol. The zero-order valence-electron chi connectivity index (χ0n) is 12.5. The van der Waals surface area contributed by atoms with Gasteiger partial charge in [-0.3, -0.25) is 4.98 Å². The summed E-state index contributed by atoms with van der Waals surface area (Å²) in [7, 11) is 0. The van der Waals surface area contributed by atoms with Gasteiger partial charge in [-0.25, -0.2) is 4.39 Å². The van der Waals surface area contributed by atoms with Crippen LogP contribution in [0.3, 0.4) is 0 Å². The normalized spacial score (nSPS) is 10.9. The molecule has 0 aliphatic carbocycles. The van der Waals surface area contributed by atoms with Crippen LogP contribution in [-0.2, 0) is 13.2 Å². The average Bonchev–Trinajstić information content (AvgIpc) is 2.47. The summed E-state index contributed by atoms with van der Waals surface area (Å²) < 4.78 is 19.5. The number of halogens is 1. The Morgan fingerprint density at radius 3 is 2.76 bits per heavy atom. The SMILES string of the molecule is CC(C)CNCc1ccc(OCc2cccnc2)c(F)c1. The van der Waals surface area contributed by atoms with Gasteiger partial charge < -0.3 is 10.1 Å². The third-order valence-corrected chi connectivity index (χ3v) is 3.00. The maximum Gasteiger partial charge on any atom is 0.165 e. The number of nitrogens with one attached hydrogen (secondary N) is 1. The molecule has 0 spiro atoms. The minimum Gasteiger partial charge on any atom is -0.486 e. The Morgan fingerprint density at radius 2 is 2.10 bits per heavy atom. The lowest BCUT2D eigenvalue weighted by Crippen LogP contribution is -2.19. The molecule has 0 amide bonds. The summed E-state index contributed by atoms with van der Waals surface area (Å²) in [6.45, 7) is 6.18. The van der Waals surface area contributed by atoms with Crippen molar-refractivity contribution in [1.82, 2.24) is 10.3 Å². The molecule has 1 heterocycles. The number of hydrogen-bond acceptors (Lipinski definition) is 3. The van der Waals surface area contributed by atoms with E-state index in [4.69, 9.17) is 4.74 Å². The topological polar surface area (TPSA) is 34.1 Å². The van der Waals surface area contributed by atoms with Gasteiger partial charge in [0, 0.05) is 24.5 Å². The first kappa shape index (κ1) is 15.4. The largest absolute Gasteiger partial charge is 0.486 e. The van der Waals surface area contributed by atoms with Crippen molar-refractivity contribution >= 4 is 0 Å². The van der Waals surface area contributed by atoms with Crippen LogP contribution in [0.1, 0.15) is 25.0 Å². The molecule has 0 aliphatic rings. The van der Waals surface area contributed by atoms with Gasteiger partial charge in [-0.1, -0.05) is 26.0 Å². The van der Waals surface area contributed by atoms with Gasteiger partial charge in [0.2, 0.25) is 0 Å². The first-order valence-corrected chi connectivity index (χ1v) is 7.16. The summed E-state index contributed by atoms with van der Waals surface area (Å²) in [5.74, 6) is 0.520. The minimum absolute atomic E-state index is 0.270. The van der Waals surface area contributed by atoms with Gasteiger partial charge in [0.25, 0.3) is 0 Å². The van der Waals surface area contributed by atoms with E-state index in [-0.39, 0.29) is 11.6 Å². The molecule has 0 aliphatic heterocycles. The van der Waals surface area contributed by atoms with E-state index in [1.54, 1.807) is 18.5 Å². The molecule has 0 radical (unpaired) electrons. The lowest BCUT2D eigenvalue weighted by molar-refractivity contribution is 0.289. The molecule has 1 N–H and O–H groups in total. The van der Waals surface area contributed by atoms with E-state index in [0.29, 0.717) is 19.1 Å². The average molecular weight is 288 g/mol. The van der Waals surface area contributed by atoms with Crippen LogP contribution < -0.4 is 10.1 Å². The van der Waals surface area contributed by atoms with Crippen LogP contribution in [0.4, 0.5) is 4.39 Å². The highest BCUT2D eigenvalue weighted by Crippen LogP contribution is 2.19. The van der Waals surface area contributed by atoms with Crippen molar-refractivity contribution in [3.8, 4) is 5.75 Å². The first-order chi connectivity index (χ1) is 10.1. The highest BCUT2D eigenvalue weighted by atomic mass is 19.1. The summed E-state index contributed by atoms with van der Waals surface area (Å²) >= 11 is 0. The number of ether oxygens (including phenoxy) is 1. The third-order valence-electron chi connectivity index (χ3n) is 3.00. The summed E-state index contributed by atoms with van der Waals surface area (Å²) in [4.78, 5) is 4.00. The Hall–Kier alpha value is -1.94. The summed E-state index contributed by atoms with van der Waals surface area (Å²) in [6, 6.07) is 8.81. The highest BCUT2D eigenvalue weighted by Gasteiger charge is 2.05. The van der Waals surface area contributed by atoms with Crippen molar-refractivity contribution < 1.29 is 9.13 Å². The van der Waals surface area contributed by atoms with Crippen molar-refractivity contribution in [2.24, 2.45) is 5.92 Å². The van der Waals surface area contributed by atoms with Crippen LogP contribution >= 0.6 is 0 Å². The molecule has 0 fully saturated rings. The quantitative estimate of drug-likeness (QED) is 0.846.